The first-order chi connectivity index (χ1) is 14.4. The molecule has 3 aromatic rings. The van der Waals surface area contributed by atoms with Crippen molar-refractivity contribution in [3.63, 3.8) is 0 Å². The molecule has 4 rings (SSSR count). The normalized spacial score (nSPS) is 14.5. The third-order valence-electron chi connectivity index (χ3n) is 5.51. The Labute approximate surface area is 176 Å². The number of ether oxygens (including phenoxy) is 1. The van der Waals surface area contributed by atoms with Gasteiger partial charge in [0.25, 0.3) is 5.91 Å². The molecule has 0 saturated carbocycles. The first-order valence-corrected chi connectivity index (χ1v) is 10.3. The van der Waals surface area contributed by atoms with Gasteiger partial charge in [0.1, 0.15) is 5.75 Å². The van der Waals surface area contributed by atoms with Gasteiger partial charge in [-0.05, 0) is 42.7 Å². The Kier molecular flexibility index (Phi) is 5.63. The molecule has 2 N–H and O–H groups in total. The number of amides is 1. The van der Waals surface area contributed by atoms with E-state index in [0.717, 1.165) is 60.7 Å². The van der Waals surface area contributed by atoms with Crippen molar-refractivity contribution in [2.24, 2.45) is 5.92 Å². The highest BCUT2D eigenvalue weighted by atomic mass is 16.5. The molecule has 1 aliphatic heterocycles. The summed E-state index contributed by atoms with van der Waals surface area (Å²) < 4.78 is 5.40. The van der Waals surface area contributed by atoms with Gasteiger partial charge in [-0.25, -0.2) is 0 Å². The first kappa shape index (κ1) is 20.2. The van der Waals surface area contributed by atoms with E-state index in [9.17, 15) is 9.90 Å². The number of fused-ring (bicyclic) bond motifs is 1. The summed E-state index contributed by atoms with van der Waals surface area (Å²) in [6.07, 6.45) is 0.803. The summed E-state index contributed by atoms with van der Waals surface area (Å²) in [6.45, 7) is 7.45. The van der Waals surface area contributed by atoms with Crippen LogP contribution in [0.5, 0.6) is 5.75 Å². The molecule has 158 valence electrons. The molecule has 0 unspecified atom stereocenters. The molecule has 0 radical (unpaired) electrons. The molecule has 0 spiro atoms. The Balaban J connectivity index is 1.58. The number of H-pyrrole nitrogens is 1. The highest BCUT2D eigenvalue weighted by molar-refractivity contribution is 6.09. The molecule has 1 amide bonds. The number of nitrogens with one attached hydrogen (secondary N) is 1. The summed E-state index contributed by atoms with van der Waals surface area (Å²) in [5, 5.41) is 18.7. The number of nitrogens with zero attached hydrogens (tertiary/aromatic N) is 3. The number of anilines is 2. The van der Waals surface area contributed by atoms with Gasteiger partial charge in [-0.1, -0.05) is 13.8 Å². The summed E-state index contributed by atoms with van der Waals surface area (Å²) in [4.78, 5) is 17.0. The lowest BCUT2D eigenvalue weighted by atomic mass is 10.0. The fraction of sp³-hybridized carbons (Fsp3) is 0.391. The summed E-state index contributed by atoms with van der Waals surface area (Å²) >= 11 is 0. The van der Waals surface area contributed by atoms with Crippen LogP contribution >= 0.6 is 0 Å². The average molecular weight is 409 g/mol. The van der Waals surface area contributed by atoms with Gasteiger partial charge in [-0.2, -0.15) is 5.10 Å². The Hall–Kier alpha value is -3.06. The Morgan fingerprint density at radius 1 is 1.23 bits per heavy atom. The van der Waals surface area contributed by atoms with Crippen LogP contribution in [0.15, 0.2) is 36.4 Å². The molecule has 0 bridgehead atoms. The summed E-state index contributed by atoms with van der Waals surface area (Å²) in [6, 6.07) is 11.2. The maximum atomic E-state index is 13.2. The lowest BCUT2D eigenvalue weighted by molar-refractivity contribution is 0.0990. The maximum Gasteiger partial charge on any atom is 0.261 e. The van der Waals surface area contributed by atoms with Crippen molar-refractivity contribution >= 4 is 28.2 Å². The number of aromatic hydroxyl groups is 1. The van der Waals surface area contributed by atoms with E-state index in [4.69, 9.17) is 4.74 Å². The quantitative estimate of drug-likeness (QED) is 0.674. The van der Waals surface area contributed by atoms with Crippen molar-refractivity contribution < 1.29 is 14.6 Å². The number of phenolic OH excluding ortho intramolecular Hbond substituents is 1. The molecular weight excluding hydrogens is 380 g/mol. The summed E-state index contributed by atoms with van der Waals surface area (Å²) in [5.41, 5.74) is 3.80. The summed E-state index contributed by atoms with van der Waals surface area (Å²) in [7, 11) is 1.72. The molecule has 7 heteroatoms. The minimum atomic E-state index is -0.259. The van der Waals surface area contributed by atoms with E-state index < -0.39 is 0 Å². The number of aromatic amines is 1. The van der Waals surface area contributed by atoms with Crippen LogP contribution in [0.25, 0.3) is 10.9 Å². The predicted octanol–water partition coefficient (Wildman–Crippen LogP) is 3.58. The second-order valence-corrected chi connectivity index (χ2v) is 8.16. The van der Waals surface area contributed by atoms with Crippen LogP contribution in [0.2, 0.25) is 0 Å². The van der Waals surface area contributed by atoms with Gasteiger partial charge in [-0.15, -0.1) is 0 Å². The summed E-state index contributed by atoms with van der Waals surface area (Å²) in [5.74, 6) is 0.131. The molecule has 7 nitrogen and oxygen atoms in total. The highest BCUT2D eigenvalue weighted by Gasteiger charge is 2.21. The van der Waals surface area contributed by atoms with Gasteiger partial charge >= 0.3 is 0 Å². The van der Waals surface area contributed by atoms with Crippen LogP contribution in [0.3, 0.4) is 0 Å². The van der Waals surface area contributed by atoms with Gasteiger partial charge in [0.05, 0.1) is 30.0 Å². The molecule has 30 heavy (non-hydrogen) atoms. The van der Waals surface area contributed by atoms with E-state index in [2.05, 4.69) is 28.9 Å². The van der Waals surface area contributed by atoms with E-state index in [-0.39, 0.29) is 17.2 Å². The number of carbonyl (C=O) groups is 1. The molecule has 1 aliphatic rings. The SMILES string of the molecule is CC(C)Cc1n[nH]c2cc(O)c(C(=O)N(C)c3ccc(N4CCOCC4)cc3)cc12. The second kappa shape index (κ2) is 8.36. The molecule has 1 fully saturated rings. The number of hydrogen-bond acceptors (Lipinski definition) is 5. The number of rotatable bonds is 5. The molecule has 0 atom stereocenters. The van der Waals surface area contributed by atoms with Crippen LogP contribution in [0.4, 0.5) is 11.4 Å². The predicted molar refractivity (Wildman–Crippen MR) is 119 cm³/mol. The van der Waals surface area contributed by atoms with Gasteiger partial charge in [0.2, 0.25) is 0 Å². The zero-order valence-electron chi connectivity index (χ0n) is 17.7. The molecule has 2 aromatic carbocycles. The third kappa shape index (κ3) is 3.98. The third-order valence-corrected chi connectivity index (χ3v) is 5.51. The molecule has 1 aromatic heterocycles. The first-order valence-electron chi connectivity index (χ1n) is 10.3. The lowest BCUT2D eigenvalue weighted by Crippen LogP contribution is -2.36. The smallest absolute Gasteiger partial charge is 0.261 e. The standard InChI is InChI=1S/C23H28N4O3/c1-15(2)12-20-18-13-19(22(28)14-21(18)25-24-20)23(29)26(3)16-4-6-17(7-5-16)27-8-10-30-11-9-27/h4-7,13-15,28H,8-12H2,1-3H3,(H,24,25). The van der Waals surface area contributed by atoms with Gasteiger partial charge in [0, 0.05) is 43.0 Å². The molecule has 0 aliphatic carbocycles. The van der Waals surface area contributed by atoms with Crippen molar-refractivity contribution in [2.45, 2.75) is 20.3 Å². The van der Waals surface area contributed by atoms with E-state index in [1.165, 1.54) is 0 Å². The van der Waals surface area contributed by atoms with Crippen molar-refractivity contribution in [1.82, 2.24) is 10.2 Å². The number of benzene rings is 2. The lowest BCUT2D eigenvalue weighted by Gasteiger charge is -2.29. The van der Waals surface area contributed by atoms with Gasteiger partial charge in [-0.3, -0.25) is 9.89 Å². The van der Waals surface area contributed by atoms with E-state index in [1.807, 2.05) is 24.3 Å². The zero-order chi connectivity index (χ0) is 21.3. The van der Waals surface area contributed by atoms with Crippen LogP contribution in [-0.4, -0.2) is 54.6 Å². The Morgan fingerprint density at radius 3 is 2.60 bits per heavy atom. The van der Waals surface area contributed by atoms with Crippen molar-refractivity contribution in [1.29, 1.82) is 0 Å². The fourth-order valence-electron chi connectivity index (χ4n) is 3.83. The average Bonchev–Trinajstić information content (AvgIpc) is 3.13. The Morgan fingerprint density at radius 2 is 1.93 bits per heavy atom. The topological polar surface area (TPSA) is 81.7 Å². The van der Waals surface area contributed by atoms with E-state index >= 15 is 0 Å². The molecule has 1 saturated heterocycles. The minimum absolute atomic E-state index is 0.0518. The number of hydrogen-bond donors (Lipinski definition) is 2. The number of morpholine rings is 1. The maximum absolute atomic E-state index is 13.2. The second-order valence-electron chi connectivity index (χ2n) is 8.16. The zero-order valence-corrected chi connectivity index (χ0v) is 17.7. The monoisotopic (exact) mass is 408 g/mol. The van der Waals surface area contributed by atoms with E-state index in [1.54, 1.807) is 24.1 Å². The largest absolute Gasteiger partial charge is 0.507 e. The molecular formula is C23H28N4O3. The Bertz CT molecular complexity index is 1040. The van der Waals surface area contributed by atoms with Crippen LogP contribution in [0.1, 0.15) is 29.9 Å². The number of carbonyl (C=O) groups excluding carboxylic acids is 1. The van der Waals surface area contributed by atoms with Gasteiger partial charge in [0.15, 0.2) is 0 Å². The van der Waals surface area contributed by atoms with Crippen LogP contribution in [0, 0.1) is 5.92 Å². The molecule has 2 heterocycles. The fourth-order valence-corrected chi connectivity index (χ4v) is 3.83. The minimum Gasteiger partial charge on any atom is -0.507 e. The van der Waals surface area contributed by atoms with Crippen molar-refractivity contribution in [3.8, 4) is 5.75 Å². The number of aromatic nitrogens is 2. The number of phenols is 1. The highest BCUT2D eigenvalue weighted by Crippen LogP contribution is 2.29. The van der Waals surface area contributed by atoms with Crippen LogP contribution < -0.4 is 9.80 Å². The van der Waals surface area contributed by atoms with Crippen LogP contribution in [-0.2, 0) is 11.2 Å². The van der Waals surface area contributed by atoms with E-state index in [0.29, 0.717) is 5.92 Å². The van der Waals surface area contributed by atoms with Crippen molar-refractivity contribution in [2.75, 3.05) is 43.2 Å². The van der Waals surface area contributed by atoms with Gasteiger partial charge < -0.3 is 19.6 Å². The van der Waals surface area contributed by atoms with Crippen molar-refractivity contribution in [3.05, 3.63) is 47.7 Å².